The van der Waals surface area contributed by atoms with Gasteiger partial charge in [-0.05, 0) is 0 Å². The Morgan fingerprint density at radius 1 is 0.897 bits per heavy atom. The minimum absolute atomic E-state index is 0.124. The molecule has 0 aromatic carbocycles. The molecule has 0 aromatic rings. The molecule has 0 heterocycles. The maximum atomic E-state index is 12.5. The Balaban J connectivity index is 3.23. The first-order chi connectivity index (χ1) is 13.8. The van der Waals surface area contributed by atoms with E-state index in [1.807, 2.05) is 6.08 Å². The fourth-order valence-electron chi connectivity index (χ4n) is 5.05. The van der Waals surface area contributed by atoms with Crippen molar-refractivity contribution in [2.75, 3.05) is 0 Å². The third-order valence-electron chi connectivity index (χ3n) is 6.77. The number of rotatable bonds is 15. The Morgan fingerprint density at radius 3 is 1.86 bits per heavy atom. The van der Waals surface area contributed by atoms with Gasteiger partial charge in [0, 0.05) is 0 Å². The second-order valence-corrected chi connectivity index (χ2v) is 24.4. The average molecular weight is 509 g/mol. The molecule has 1 rings (SSSR count). The molecule has 2 heteroatoms. The van der Waals surface area contributed by atoms with Crippen LogP contribution in [0.15, 0.2) is 23.3 Å². The third-order valence-corrected chi connectivity index (χ3v) is 22.1. The summed E-state index contributed by atoms with van der Waals surface area (Å²) in [7, 11) is 0. The molecule has 0 atom stereocenters. The first-order valence-corrected chi connectivity index (χ1v) is 20.8. The summed E-state index contributed by atoms with van der Waals surface area (Å²) < 4.78 is 6.07. The molecule has 0 bridgehead atoms. The second kappa shape index (κ2) is 14.1. The van der Waals surface area contributed by atoms with E-state index in [-0.39, 0.29) is 5.41 Å². The topological polar surface area (TPSA) is 17.1 Å². The van der Waals surface area contributed by atoms with E-state index in [9.17, 15) is 4.79 Å². The number of unbranched alkanes of at least 4 members (excludes halogenated alkanes) is 5. The SMILES string of the molecule is CCCC/C=C(/[CH2][Sn]([CH2]CCC)([CH2]CCC)[CH2]CCC)C1=CC(=O)CC(C)(C)C1. The van der Waals surface area contributed by atoms with Gasteiger partial charge in [-0.3, -0.25) is 0 Å². The van der Waals surface area contributed by atoms with Crippen LogP contribution >= 0.6 is 0 Å². The number of allylic oxidation sites excluding steroid dienone is 4. The van der Waals surface area contributed by atoms with E-state index < -0.39 is 18.4 Å². The van der Waals surface area contributed by atoms with Gasteiger partial charge in [0.25, 0.3) is 0 Å². The van der Waals surface area contributed by atoms with Crippen LogP contribution in [-0.2, 0) is 4.79 Å². The summed E-state index contributed by atoms with van der Waals surface area (Å²) in [4.78, 5) is 12.5. The van der Waals surface area contributed by atoms with Crippen molar-refractivity contribution >= 4 is 24.2 Å². The zero-order valence-corrected chi connectivity index (χ0v) is 23.5. The van der Waals surface area contributed by atoms with Crippen molar-refractivity contribution in [3.8, 4) is 0 Å². The molecule has 0 spiro atoms. The van der Waals surface area contributed by atoms with E-state index in [1.165, 1.54) is 67.8 Å². The van der Waals surface area contributed by atoms with Gasteiger partial charge < -0.3 is 0 Å². The van der Waals surface area contributed by atoms with Crippen LogP contribution in [0.5, 0.6) is 0 Å². The Hall–Kier alpha value is -0.0513. The van der Waals surface area contributed by atoms with Crippen LogP contribution < -0.4 is 0 Å². The Labute approximate surface area is 187 Å². The number of hydrogen-bond acceptors (Lipinski definition) is 1. The monoisotopic (exact) mass is 510 g/mol. The standard InChI is InChI=1S/C15H23O.3C4H9.Sn/c1-5-6-7-8-12(2)13-9-14(16)11-15(3,4)10-13;3*1-3-4-2;/h8-9H,2,5-7,10-11H2,1,3-4H3;3*1,3-4H2,2H3;/b12-8-;;;;. The minimum atomic E-state index is -2.26. The first-order valence-electron chi connectivity index (χ1n) is 12.7. The normalized spacial score (nSPS) is 17.5. The van der Waals surface area contributed by atoms with Crippen molar-refractivity contribution in [3.63, 3.8) is 0 Å². The molecule has 1 aliphatic rings. The number of carbonyl (C=O) groups excluding carboxylic acids is 1. The second-order valence-electron chi connectivity index (χ2n) is 10.5. The summed E-state index contributed by atoms with van der Waals surface area (Å²) in [5, 5.41) is 0. The molecule has 0 saturated carbocycles. The zero-order chi connectivity index (χ0) is 21.8. The van der Waals surface area contributed by atoms with Crippen LogP contribution in [-0.4, -0.2) is 24.2 Å². The van der Waals surface area contributed by atoms with Crippen LogP contribution in [0.1, 0.15) is 112 Å². The van der Waals surface area contributed by atoms with Crippen molar-refractivity contribution in [1.82, 2.24) is 0 Å². The van der Waals surface area contributed by atoms with E-state index in [0.717, 1.165) is 6.42 Å². The van der Waals surface area contributed by atoms with Crippen molar-refractivity contribution in [3.05, 3.63) is 23.3 Å². The fraction of sp³-hybridized carbons (Fsp3) is 0.815. The molecule has 0 unspecified atom stereocenters. The summed E-state index contributed by atoms with van der Waals surface area (Å²) in [6.07, 6.45) is 18.4. The summed E-state index contributed by atoms with van der Waals surface area (Å²) in [6, 6.07) is 0. The van der Waals surface area contributed by atoms with Crippen LogP contribution in [0, 0.1) is 5.41 Å². The van der Waals surface area contributed by atoms with Gasteiger partial charge in [0.1, 0.15) is 0 Å². The third kappa shape index (κ3) is 10.2. The molecule has 0 N–H and O–H groups in total. The van der Waals surface area contributed by atoms with Crippen LogP contribution in [0.4, 0.5) is 0 Å². The van der Waals surface area contributed by atoms with Gasteiger partial charge in [0.05, 0.1) is 0 Å². The Kier molecular flexibility index (Phi) is 13.1. The summed E-state index contributed by atoms with van der Waals surface area (Å²) in [5.41, 5.74) is 3.14. The molecule has 0 aliphatic heterocycles. The van der Waals surface area contributed by atoms with Gasteiger partial charge >= 0.3 is 188 Å². The van der Waals surface area contributed by atoms with Gasteiger partial charge in [-0.15, -0.1) is 0 Å². The molecule has 0 amide bonds. The predicted molar refractivity (Wildman–Crippen MR) is 133 cm³/mol. The summed E-state index contributed by atoms with van der Waals surface area (Å²) in [6.45, 7) is 13.9. The van der Waals surface area contributed by atoms with E-state index in [0.29, 0.717) is 12.2 Å². The molecule has 1 aliphatic carbocycles. The molecular weight excluding hydrogens is 459 g/mol. The van der Waals surface area contributed by atoms with Gasteiger partial charge in [-0.2, -0.15) is 0 Å². The molecule has 168 valence electrons. The van der Waals surface area contributed by atoms with Gasteiger partial charge in [0.2, 0.25) is 0 Å². The van der Waals surface area contributed by atoms with E-state index >= 15 is 0 Å². The van der Waals surface area contributed by atoms with E-state index in [4.69, 9.17) is 0 Å². The van der Waals surface area contributed by atoms with E-state index in [1.54, 1.807) is 18.9 Å². The zero-order valence-electron chi connectivity index (χ0n) is 20.7. The number of carbonyl (C=O) groups is 1. The Bertz CT molecular complexity index is 519. The quantitative estimate of drug-likeness (QED) is 0.159. The van der Waals surface area contributed by atoms with Crippen molar-refractivity contribution in [2.24, 2.45) is 5.41 Å². The van der Waals surface area contributed by atoms with Crippen LogP contribution in [0.25, 0.3) is 0 Å². The van der Waals surface area contributed by atoms with E-state index in [2.05, 4.69) is 47.6 Å². The number of hydrogen-bond donors (Lipinski definition) is 0. The molecule has 29 heavy (non-hydrogen) atoms. The molecule has 1 nitrogen and oxygen atoms in total. The maximum absolute atomic E-state index is 12.5. The van der Waals surface area contributed by atoms with Crippen LogP contribution in [0.3, 0.4) is 0 Å². The Morgan fingerprint density at radius 2 is 1.41 bits per heavy atom. The summed E-state index contributed by atoms with van der Waals surface area (Å²) >= 11 is -2.26. The fourth-order valence-corrected chi connectivity index (χ4v) is 21.5. The van der Waals surface area contributed by atoms with Crippen LogP contribution in [0.2, 0.25) is 17.7 Å². The van der Waals surface area contributed by atoms with Gasteiger partial charge in [0.15, 0.2) is 0 Å². The molecule has 0 saturated heterocycles. The predicted octanol–water partition coefficient (Wildman–Crippen LogP) is 9.27. The molecule has 0 fully saturated rings. The summed E-state index contributed by atoms with van der Waals surface area (Å²) in [5.74, 6) is 0.356. The molecular formula is C27H50OSn. The van der Waals surface area contributed by atoms with Gasteiger partial charge in [-0.25, -0.2) is 0 Å². The van der Waals surface area contributed by atoms with Crippen molar-refractivity contribution in [1.29, 1.82) is 0 Å². The number of ketones is 1. The van der Waals surface area contributed by atoms with Crippen molar-refractivity contribution in [2.45, 2.75) is 130 Å². The average Bonchev–Trinajstić information content (AvgIpc) is 2.66. The molecule has 0 aromatic heterocycles. The van der Waals surface area contributed by atoms with Crippen molar-refractivity contribution < 1.29 is 4.79 Å². The molecule has 0 radical (unpaired) electrons. The van der Waals surface area contributed by atoms with Gasteiger partial charge in [-0.1, -0.05) is 0 Å². The first kappa shape index (κ1) is 27.0.